The topological polar surface area (TPSA) is 86.9 Å². The molecule has 2 unspecified atom stereocenters. The van der Waals surface area contributed by atoms with Gasteiger partial charge in [-0.2, -0.15) is 0 Å². The fourth-order valence-corrected chi connectivity index (χ4v) is 7.04. The van der Waals surface area contributed by atoms with E-state index in [0.29, 0.717) is 31.3 Å². The molecule has 29 heavy (non-hydrogen) atoms. The first-order valence-electron chi connectivity index (χ1n) is 10.8. The van der Waals surface area contributed by atoms with Crippen molar-refractivity contribution in [1.29, 1.82) is 0 Å². The van der Waals surface area contributed by atoms with Crippen LogP contribution in [-0.4, -0.2) is 52.6 Å². The lowest BCUT2D eigenvalue weighted by molar-refractivity contribution is -0.384. The van der Waals surface area contributed by atoms with E-state index in [4.69, 9.17) is 0 Å². The molecule has 4 saturated carbocycles. The Bertz CT molecular complexity index is 802. The highest BCUT2D eigenvalue weighted by Gasteiger charge is 2.57. The maximum Gasteiger partial charge on any atom is 0.269 e. The Labute approximate surface area is 170 Å². The second kappa shape index (κ2) is 6.69. The minimum atomic E-state index is -0.515. The largest absolute Gasteiger partial charge is 0.390 e. The molecule has 1 saturated heterocycles. The third kappa shape index (κ3) is 3.50. The van der Waals surface area contributed by atoms with Crippen molar-refractivity contribution in [3.63, 3.8) is 0 Å². The molecule has 1 aromatic carbocycles. The van der Waals surface area contributed by atoms with Crippen molar-refractivity contribution in [2.24, 2.45) is 17.3 Å². The van der Waals surface area contributed by atoms with Crippen LogP contribution in [0, 0.1) is 27.4 Å². The second-order valence-corrected chi connectivity index (χ2v) is 10.0. The van der Waals surface area contributed by atoms with Crippen molar-refractivity contribution < 1.29 is 14.8 Å². The molecule has 5 aliphatic rings. The van der Waals surface area contributed by atoms with Crippen LogP contribution in [0.4, 0.5) is 11.4 Å². The summed E-state index contributed by atoms with van der Waals surface area (Å²) in [4.78, 5) is 27.7. The monoisotopic (exact) mass is 399 g/mol. The predicted molar refractivity (Wildman–Crippen MR) is 109 cm³/mol. The number of rotatable bonds is 4. The Hall–Kier alpha value is -2.15. The number of carbonyl (C=O) groups is 1. The molecule has 1 aliphatic heterocycles. The zero-order valence-electron chi connectivity index (χ0n) is 16.8. The number of carbonyl (C=O) groups excluding carboxylic acids is 1. The maximum absolute atomic E-state index is 13.1. The minimum absolute atomic E-state index is 0.0193. The lowest BCUT2D eigenvalue weighted by Crippen LogP contribution is -2.57. The first kappa shape index (κ1) is 18.9. The van der Waals surface area contributed by atoms with Gasteiger partial charge in [0, 0.05) is 50.4 Å². The summed E-state index contributed by atoms with van der Waals surface area (Å²) >= 11 is 0. The molecule has 1 amide bonds. The summed E-state index contributed by atoms with van der Waals surface area (Å²) in [6, 6.07) is 6.63. The first-order valence-corrected chi connectivity index (χ1v) is 10.8. The summed E-state index contributed by atoms with van der Waals surface area (Å²) in [5.41, 5.74) is 0.565. The van der Waals surface area contributed by atoms with Gasteiger partial charge in [0.05, 0.1) is 10.5 Å². The molecule has 6 rings (SSSR count). The molecule has 1 N–H and O–H groups in total. The van der Waals surface area contributed by atoms with Gasteiger partial charge in [0.25, 0.3) is 5.69 Å². The van der Waals surface area contributed by atoms with Gasteiger partial charge < -0.3 is 14.9 Å². The highest BCUT2D eigenvalue weighted by Crippen LogP contribution is 2.62. The van der Waals surface area contributed by atoms with Crippen LogP contribution in [0.3, 0.4) is 0 Å². The summed E-state index contributed by atoms with van der Waals surface area (Å²) in [6.07, 6.45) is 6.73. The Kier molecular flexibility index (Phi) is 4.35. The van der Waals surface area contributed by atoms with Crippen LogP contribution in [0.15, 0.2) is 24.3 Å². The van der Waals surface area contributed by atoms with Crippen LogP contribution in [-0.2, 0) is 4.79 Å². The summed E-state index contributed by atoms with van der Waals surface area (Å²) < 4.78 is 0. The molecule has 4 bridgehead atoms. The van der Waals surface area contributed by atoms with Crippen molar-refractivity contribution in [1.82, 2.24) is 4.90 Å². The Morgan fingerprint density at radius 1 is 1.07 bits per heavy atom. The van der Waals surface area contributed by atoms with E-state index in [1.807, 2.05) is 4.90 Å². The molecule has 4 aliphatic carbocycles. The van der Waals surface area contributed by atoms with E-state index >= 15 is 0 Å². The maximum atomic E-state index is 13.1. The number of amides is 1. The normalized spacial score (nSPS) is 35.8. The zero-order valence-corrected chi connectivity index (χ0v) is 16.8. The van der Waals surface area contributed by atoms with Crippen LogP contribution in [0.25, 0.3) is 0 Å². The summed E-state index contributed by atoms with van der Waals surface area (Å²) in [6.45, 7) is 2.85. The van der Waals surface area contributed by atoms with Gasteiger partial charge in [0.1, 0.15) is 0 Å². The van der Waals surface area contributed by atoms with Gasteiger partial charge in [-0.05, 0) is 67.9 Å². The first-order chi connectivity index (χ1) is 13.8. The van der Waals surface area contributed by atoms with Gasteiger partial charge in [-0.15, -0.1) is 0 Å². The summed E-state index contributed by atoms with van der Waals surface area (Å²) in [5.74, 6) is 1.44. The Morgan fingerprint density at radius 2 is 1.69 bits per heavy atom. The van der Waals surface area contributed by atoms with Gasteiger partial charge >= 0.3 is 0 Å². The molecule has 1 aromatic rings. The van der Waals surface area contributed by atoms with Crippen molar-refractivity contribution in [2.45, 2.75) is 50.5 Å². The van der Waals surface area contributed by atoms with Crippen molar-refractivity contribution >= 4 is 17.3 Å². The van der Waals surface area contributed by atoms with Gasteiger partial charge in [-0.3, -0.25) is 14.9 Å². The number of piperazine rings is 1. The lowest BCUT2D eigenvalue weighted by Gasteiger charge is -2.60. The highest BCUT2D eigenvalue weighted by atomic mass is 16.6. The fourth-order valence-electron chi connectivity index (χ4n) is 7.04. The molecule has 156 valence electrons. The number of nitrogens with zero attached hydrogens (tertiary/aromatic N) is 3. The SMILES string of the molecule is O=C(CC12CC3CC(CC(O)(C3)C1)C2)N1CCN(c2ccc([N+](=O)[O-])cc2)CC1. The van der Waals surface area contributed by atoms with Gasteiger partial charge in [-0.25, -0.2) is 0 Å². The summed E-state index contributed by atoms with van der Waals surface area (Å²) in [5, 5.41) is 21.8. The van der Waals surface area contributed by atoms with Crippen LogP contribution < -0.4 is 4.90 Å². The van der Waals surface area contributed by atoms with E-state index in [9.17, 15) is 20.0 Å². The number of non-ortho nitro benzene ring substituents is 1. The minimum Gasteiger partial charge on any atom is -0.390 e. The standard InChI is InChI=1S/C22H29N3O4/c26-20(14-21-10-16-9-17(11-21)13-22(27,12-16)15-21)24-7-5-23(6-8-24)18-1-3-19(4-2-18)25(28)29/h1-4,16-17,27H,5-15H2. The average Bonchev–Trinajstić information content (AvgIpc) is 2.66. The average molecular weight is 399 g/mol. The number of hydrogen-bond donors (Lipinski definition) is 1. The number of aliphatic hydroxyl groups is 1. The molecule has 0 radical (unpaired) electrons. The second-order valence-electron chi connectivity index (χ2n) is 10.0. The molecule has 0 spiro atoms. The Morgan fingerprint density at radius 3 is 2.24 bits per heavy atom. The highest BCUT2D eigenvalue weighted by molar-refractivity contribution is 5.77. The molecule has 5 fully saturated rings. The van der Waals surface area contributed by atoms with Crippen molar-refractivity contribution in [3.05, 3.63) is 34.4 Å². The van der Waals surface area contributed by atoms with Gasteiger partial charge in [0.15, 0.2) is 0 Å². The number of anilines is 1. The number of hydrogen-bond acceptors (Lipinski definition) is 5. The molecule has 1 heterocycles. The van der Waals surface area contributed by atoms with Gasteiger partial charge in [0.2, 0.25) is 5.91 Å². The molecule has 2 atom stereocenters. The third-order valence-corrected chi connectivity index (χ3v) is 7.74. The predicted octanol–water partition coefficient (Wildman–Crippen LogP) is 2.96. The van der Waals surface area contributed by atoms with E-state index in [-0.39, 0.29) is 21.9 Å². The van der Waals surface area contributed by atoms with E-state index in [1.54, 1.807) is 12.1 Å². The van der Waals surface area contributed by atoms with E-state index in [0.717, 1.165) is 50.9 Å². The molecule has 0 aromatic heterocycles. The Balaban J connectivity index is 1.19. The van der Waals surface area contributed by atoms with Crippen LogP contribution in [0.5, 0.6) is 0 Å². The number of nitro groups is 1. The molecule has 7 heteroatoms. The molecular weight excluding hydrogens is 370 g/mol. The van der Waals surface area contributed by atoms with Crippen molar-refractivity contribution in [2.75, 3.05) is 31.1 Å². The van der Waals surface area contributed by atoms with Crippen LogP contribution in [0.1, 0.15) is 44.9 Å². The van der Waals surface area contributed by atoms with E-state index < -0.39 is 5.60 Å². The zero-order chi connectivity index (χ0) is 20.2. The lowest BCUT2D eigenvalue weighted by atomic mass is 9.47. The van der Waals surface area contributed by atoms with E-state index in [2.05, 4.69) is 4.90 Å². The van der Waals surface area contributed by atoms with E-state index in [1.165, 1.54) is 18.6 Å². The molecular formula is C22H29N3O4. The van der Waals surface area contributed by atoms with Crippen molar-refractivity contribution in [3.8, 4) is 0 Å². The molecule has 7 nitrogen and oxygen atoms in total. The van der Waals surface area contributed by atoms with Crippen LogP contribution >= 0.6 is 0 Å². The number of benzene rings is 1. The fraction of sp³-hybridized carbons (Fsp3) is 0.682. The summed E-state index contributed by atoms with van der Waals surface area (Å²) in [7, 11) is 0. The van der Waals surface area contributed by atoms with Crippen LogP contribution in [0.2, 0.25) is 0 Å². The number of nitro benzene ring substituents is 1. The quantitative estimate of drug-likeness (QED) is 0.621. The van der Waals surface area contributed by atoms with Gasteiger partial charge in [-0.1, -0.05) is 0 Å². The third-order valence-electron chi connectivity index (χ3n) is 7.74. The smallest absolute Gasteiger partial charge is 0.269 e.